The molecule has 2 aliphatic heterocycles. The van der Waals surface area contributed by atoms with Crippen LogP contribution in [0.2, 0.25) is 0 Å². The van der Waals surface area contributed by atoms with E-state index in [9.17, 15) is 9.18 Å². The molecule has 4 aromatic rings. The van der Waals surface area contributed by atoms with Gasteiger partial charge in [-0.1, -0.05) is 38.1 Å². The molecule has 0 saturated carbocycles. The molecular formula is C31H32FN5O. The van der Waals surface area contributed by atoms with Gasteiger partial charge in [-0.15, -0.1) is 0 Å². The van der Waals surface area contributed by atoms with E-state index in [4.69, 9.17) is 4.98 Å². The number of carbonyl (C=O) groups is 1. The number of nitrogens with zero attached hydrogens (tertiary/aromatic N) is 1. The van der Waals surface area contributed by atoms with E-state index >= 15 is 0 Å². The van der Waals surface area contributed by atoms with E-state index in [-0.39, 0.29) is 24.3 Å². The van der Waals surface area contributed by atoms with Crippen LogP contribution in [0.4, 0.5) is 10.1 Å². The predicted octanol–water partition coefficient (Wildman–Crippen LogP) is 5.60. The summed E-state index contributed by atoms with van der Waals surface area (Å²) in [5.41, 5.74) is 9.77. The maximum absolute atomic E-state index is 13.6. The average molecular weight is 510 g/mol. The Kier molecular flexibility index (Phi) is 5.42. The summed E-state index contributed by atoms with van der Waals surface area (Å²) in [7, 11) is 0. The summed E-state index contributed by atoms with van der Waals surface area (Å²) in [4.78, 5) is 21.0. The molecule has 2 saturated heterocycles. The number of benzene rings is 3. The van der Waals surface area contributed by atoms with Crippen molar-refractivity contribution in [3.63, 3.8) is 0 Å². The summed E-state index contributed by atoms with van der Waals surface area (Å²) in [5.74, 6) is 0.845. The highest BCUT2D eigenvalue weighted by Crippen LogP contribution is 2.50. The summed E-state index contributed by atoms with van der Waals surface area (Å²) < 4.78 is 13.6. The van der Waals surface area contributed by atoms with Crippen LogP contribution in [0.3, 0.4) is 0 Å². The van der Waals surface area contributed by atoms with Crippen molar-refractivity contribution >= 4 is 22.6 Å². The molecule has 3 atom stereocenters. The number of aromatic amines is 1. The monoisotopic (exact) mass is 509 g/mol. The molecule has 4 N–H and O–H groups in total. The number of aromatic nitrogens is 2. The molecule has 0 spiro atoms. The van der Waals surface area contributed by atoms with E-state index in [1.807, 2.05) is 6.07 Å². The molecule has 194 valence electrons. The Morgan fingerprint density at radius 2 is 1.76 bits per heavy atom. The molecule has 3 aromatic carbocycles. The minimum Gasteiger partial charge on any atom is -0.341 e. The van der Waals surface area contributed by atoms with Crippen LogP contribution in [0.25, 0.3) is 33.3 Å². The van der Waals surface area contributed by atoms with Crippen LogP contribution in [-0.2, 0) is 10.2 Å². The second-order valence-electron chi connectivity index (χ2n) is 11.4. The van der Waals surface area contributed by atoms with Crippen LogP contribution in [0, 0.1) is 0 Å². The molecule has 6 nitrogen and oxygen atoms in total. The van der Waals surface area contributed by atoms with Crippen molar-refractivity contribution in [3.05, 3.63) is 71.5 Å². The number of alkyl halides is 1. The highest BCUT2D eigenvalue weighted by molar-refractivity contribution is 5.96. The van der Waals surface area contributed by atoms with Crippen molar-refractivity contribution in [2.75, 3.05) is 18.4 Å². The zero-order valence-corrected chi connectivity index (χ0v) is 21.7. The first-order valence-corrected chi connectivity index (χ1v) is 13.6. The lowest BCUT2D eigenvalue weighted by Gasteiger charge is -2.23. The summed E-state index contributed by atoms with van der Waals surface area (Å²) in [6.07, 6.45) is 1.56. The van der Waals surface area contributed by atoms with Gasteiger partial charge in [-0.05, 0) is 83.1 Å². The minimum atomic E-state index is -0.964. The molecule has 1 aromatic heterocycles. The maximum Gasteiger partial charge on any atom is 0.241 e. The Labute approximate surface area is 221 Å². The number of anilines is 1. The van der Waals surface area contributed by atoms with Gasteiger partial charge < -0.3 is 20.9 Å². The molecule has 0 unspecified atom stereocenters. The second-order valence-corrected chi connectivity index (χ2v) is 11.4. The highest BCUT2D eigenvalue weighted by atomic mass is 19.1. The molecule has 0 radical (unpaired) electrons. The van der Waals surface area contributed by atoms with Gasteiger partial charge in [-0.3, -0.25) is 4.79 Å². The van der Waals surface area contributed by atoms with Crippen molar-refractivity contribution < 1.29 is 9.18 Å². The number of nitrogens with one attached hydrogen (secondary N) is 4. The van der Waals surface area contributed by atoms with Gasteiger partial charge in [-0.2, -0.15) is 0 Å². The van der Waals surface area contributed by atoms with E-state index in [0.29, 0.717) is 6.04 Å². The summed E-state index contributed by atoms with van der Waals surface area (Å²) in [6, 6.07) is 19.1. The van der Waals surface area contributed by atoms with E-state index in [1.165, 1.54) is 34.2 Å². The number of halogens is 1. The molecule has 3 aliphatic rings. The summed E-state index contributed by atoms with van der Waals surface area (Å²) >= 11 is 0. The Bertz CT molecular complexity index is 1570. The van der Waals surface area contributed by atoms with Crippen LogP contribution < -0.4 is 16.0 Å². The zero-order chi connectivity index (χ0) is 26.0. The Morgan fingerprint density at radius 3 is 2.53 bits per heavy atom. The number of fused-ring (bicyclic) bond motifs is 4. The van der Waals surface area contributed by atoms with Crippen molar-refractivity contribution in [1.29, 1.82) is 0 Å². The number of hydrogen-bond acceptors (Lipinski definition) is 4. The van der Waals surface area contributed by atoms with Crippen molar-refractivity contribution in [2.24, 2.45) is 0 Å². The van der Waals surface area contributed by atoms with Crippen LogP contribution in [0.5, 0.6) is 0 Å². The molecule has 7 heteroatoms. The number of amides is 1. The maximum atomic E-state index is 13.6. The third kappa shape index (κ3) is 3.84. The third-order valence-electron chi connectivity index (χ3n) is 8.56. The van der Waals surface area contributed by atoms with E-state index < -0.39 is 12.2 Å². The molecule has 38 heavy (non-hydrogen) atoms. The average Bonchev–Trinajstić information content (AvgIpc) is 3.70. The van der Waals surface area contributed by atoms with E-state index in [0.717, 1.165) is 41.1 Å². The molecule has 1 aliphatic carbocycles. The zero-order valence-electron chi connectivity index (χ0n) is 21.7. The standard InChI is InChI=1S/C31H32FN5O/c1-31(2)23-12-17(18-6-10-25-27(13-18)37-29(36-25)26-4-3-11-33-26)5-8-21(23)22-9-7-20(15-24(22)31)35-30(38)28-14-19(32)16-34-28/h5-10,12-13,15,19,26,28,33-34H,3-4,11,14,16H2,1-2H3,(H,35,38)(H,36,37)/t19-,26-,28-/m0/s1. The molecule has 2 fully saturated rings. The Balaban J connectivity index is 1.18. The van der Waals surface area contributed by atoms with Crippen molar-refractivity contribution in [1.82, 2.24) is 20.6 Å². The largest absolute Gasteiger partial charge is 0.341 e. The van der Waals surface area contributed by atoms with Gasteiger partial charge >= 0.3 is 0 Å². The third-order valence-corrected chi connectivity index (χ3v) is 8.56. The van der Waals surface area contributed by atoms with Gasteiger partial charge in [0.05, 0.1) is 23.1 Å². The molecule has 1 amide bonds. The Morgan fingerprint density at radius 1 is 1.00 bits per heavy atom. The molecule has 7 rings (SSSR count). The predicted molar refractivity (Wildman–Crippen MR) is 149 cm³/mol. The first-order chi connectivity index (χ1) is 18.4. The molecule has 3 heterocycles. The quantitative estimate of drug-likeness (QED) is 0.289. The lowest BCUT2D eigenvalue weighted by atomic mass is 9.81. The molecular weight excluding hydrogens is 477 g/mol. The van der Waals surface area contributed by atoms with E-state index in [1.54, 1.807) is 0 Å². The normalized spacial score (nSPS) is 23.5. The first kappa shape index (κ1) is 23.6. The topological polar surface area (TPSA) is 81.8 Å². The van der Waals surface area contributed by atoms with Crippen molar-refractivity contribution in [3.8, 4) is 22.3 Å². The fourth-order valence-corrected chi connectivity index (χ4v) is 6.41. The minimum absolute atomic E-state index is 0.179. The lowest BCUT2D eigenvalue weighted by Crippen LogP contribution is -2.35. The van der Waals surface area contributed by atoms with Gasteiger partial charge in [-0.25, -0.2) is 9.37 Å². The number of imidazole rings is 1. The van der Waals surface area contributed by atoms with E-state index in [2.05, 4.69) is 83.3 Å². The first-order valence-electron chi connectivity index (χ1n) is 13.6. The van der Waals surface area contributed by atoms with Gasteiger partial charge in [0.15, 0.2) is 0 Å². The van der Waals surface area contributed by atoms with Crippen LogP contribution in [0.15, 0.2) is 54.6 Å². The Hall–Kier alpha value is -3.55. The fraction of sp³-hybridized carbons (Fsp3) is 0.355. The van der Waals surface area contributed by atoms with Gasteiger partial charge in [0.25, 0.3) is 0 Å². The summed E-state index contributed by atoms with van der Waals surface area (Å²) in [5, 5.41) is 9.48. The van der Waals surface area contributed by atoms with Crippen LogP contribution >= 0.6 is 0 Å². The van der Waals surface area contributed by atoms with Gasteiger partial charge in [0.1, 0.15) is 12.0 Å². The number of carbonyl (C=O) groups excluding carboxylic acids is 1. The lowest BCUT2D eigenvalue weighted by molar-refractivity contribution is -0.117. The summed E-state index contributed by atoms with van der Waals surface area (Å²) in [6.45, 7) is 5.75. The number of hydrogen-bond donors (Lipinski definition) is 4. The molecule has 0 bridgehead atoms. The number of rotatable bonds is 4. The van der Waals surface area contributed by atoms with Crippen molar-refractivity contribution in [2.45, 2.75) is 56.8 Å². The smallest absolute Gasteiger partial charge is 0.241 e. The van der Waals surface area contributed by atoms with Crippen LogP contribution in [-0.4, -0.2) is 41.2 Å². The second kappa shape index (κ2) is 8.75. The van der Waals surface area contributed by atoms with Gasteiger partial charge in [0.2, 0.25) is 5.91 Å². The number of H-pyrrole nitrogens is 1. The van der Waals surface area contributed by atoms with Gasteiger partial charge in [0, 0.05) is 24.1 Å². The fourth-order valence-electron chi connectivity index (χ4n) is 6.41. The SMILES string of the molecule is CC1(C)c2cc(NC(=O)[C@@H]3C[C@H](F)CN3)ccc2-c2ccc(-c3ccc4nc([C@@H]5CCCN5)[nH]c4c3)cc21. The highest BCUT2D eigenvalue weighted by Gasteiger charge is 2.36. The van der Waals surface area contributed by atoms with Crippen LogP contribution in [0.1, 0.15) is 56.1 Å².